The van der Waals surface area contributed by atoms with Crippen molar-refractivity contribution in [3.63, 3.8) is 0 Å². The first-order valence-corrected chi connectivity index (χ1v) is 5.94. The van der Waals surface area contributed by atoms with Crippen LogP contribution in [0.1, 0.15) is 31.2 Å². The maximum Gasteiger partial charge on any atom is 0.0340 e. The molecule has 1 aromatic rings. The van der Waals surface area contributed by atoms with E-state index in [4.69, 9.17) is 0 Å². The number of anilines is 1. The molecule has 0 spiro atoms. The molecule has 2 nitrogen and oxygen atoms in total. The Morgan fingerprint density at radius 2 is 2.13 bits per heavy atom. The summed E-state index contributed by atoms with van der Waals surface area (Å²) in [4.78, 5) is 0. The van der Waals surface area contributed by atoms with Crippen LogP contribution >= 0.6 is 0 Å². The van der Waals surface area contributed by atoms with Gasteiger partial charge in [-0.3, -0.25) is 0 Å². The van der Waals surface area contributed by atoms with E-state index in [1.165, 1.54) is 30.6 Å². The number of benzene rings is 1. The summed E-state index contributed by atoms with van der Waals surface area (Å²) in [5.41, 5.74) is 2.70. The molecule has 1 aromatic carbocycles. The van der Waals surface area contributed by atoms with Crippen LogP contribution in [0.4, 0.5) is 5.69 Å². The van der Waals surface area contributed by atoms with Gasteiger partial charge < -0.3 is 10.6 Å². The predicted octanol–water partition coefficient (Wildman–Crippen LogP) is 2.59. The molecule has 15 heavy (non-hydrogen) atoms. The monoisotopic (exact) mass is 204 g/mol. The third-order valence-electron chi connectivity index (χ3n) is 3.06. The molecule has 0 aromatic heterocycles. The van der Waals surface area contributed by atoms with E-state index in [1.807, 2.05) is 0 Å². The third kappa shape index (κ3) is 2.72. The lowest BCUT2D eigenvalue weighted by Crippen LogP contribution is -2.28. The second-order valence-electron chi connectivity index (χ2n) is 4.20. The summed E-state index contributed by atoms with van der Waals surface area (Å²) in [6.07, 6.45) is 2.63. The first kappa shape index (κ1) is 10.5. The van der Waals surface area contributed by atoms with E-state index in [0.29, 0.717) is 0 Å². The summed E-state index contributed by atoms with van der Waals surface area (Å²) in [6, 6.07) is 8.90. The maximum absolute atomic E-state index is 3.46. The van der Waals surface area contributed by atoms with Gasteiger partial charge in [-0.25, -0.2) is 0 Å². The van der Waals surface area contributed by atoms with Gasteiger partial charge in [0.2, 0.25) is 0 Å². The molecular formula is C13H20N2. The number of nitrogens with one attached hydrogen (secondary N) is 2. The molecule has 1 atom stereocenters. The van der Waals surface area contributed by atoms with Gasteiger partial charge in [0.15, 0.2) is 0 Å². The Kier molecular flexibility index (Phi) is 3.62. The molecule has 1 fully saturated rings. The summed E-state index contributed by atoms with van der Waals surface area (Å²) < 4.78 is 0. The quantitative estimate of drug-likeness (QED) is 0.790. The van der Waals surface area contributed by atoms with Crippen molar-refractivity contribution in [1.29, 1.82) is 0 Å². The van der Waals surface area contributed by atoms with Crippen molar-refractivity contribution in [2.24, 2.45) is 0 Å². The zero-order chi connectivity index (χ0) is 10.5. The molecule has 0 saturated carbocycles. The van der Waals surface area contributed by atoms with Crippen LogP contribution in [0.15, 0.2) is 24.3 Å². The van der Waals surface area contributed by atoms with Crippen molar-refractivity contribution in [2.45, 2.75) is 25.7 Å². The van der Waals surface area contributed by atoms with Gasteiger partial charge in [0.25, 0.3) is 0 Å². The average Bonchev–Trinajstić information content (AvgIpc) is 2.32. The van der Waals surface area contributed by atoms with Gasteiger partial charge in [0.05, 0.1) is 0 Å². The summed E-state index contributed by atoms with van der Waals surface area (Å²) in [7, 11) is 0. The first-order chi connectivity index (χ1) is 7.40. The fourth-order valence-electron chi connectivity index (χ4n) is 2.21. The van der Waals surface area contributed by atoms with E-state index in [-0.39, 0.29) is 0 Å². The van der Waals surface area contributed by atoms with Gasteiger partial charge in [-0.1, -0.05) is 12.1 Å². The number of hydrogen-bond acceptors (Lipinski definition) is 2. The average molecular weight is 204 g/mol. The van der Waals surface area contributed by atoms with E-state index in [1.54, 1.807) is 0 Å². The van der Waals surface area contributed by atoms with Crippen LogP contribution in [0, 0.1) is 0 Å². The molecule has 1 saturated heterocycles. The third-order valence-corrected chi connectivity index (χ3v) is 3.06. The van der Waals surface area contributed by atoms with E-state index < -0.39 is 0 Å². The van der Waals surface area contributed by atoms with Gasteiger partial charge >= 0.3 is 0 Å². The lowest BCUT2D eigenvalue weighted by atomic mass is 9.92. The molecule has 2 heteroatoms. The maximum atomic E-state index is 3.46. The summed E-state index contributed by atoms with van der Waals surface area (Å²) >= 11 is 0. The molecule has 0 radical (unpaired) electrons. The van der Waals surface area contributed by atoms with Gasteiger partial charge in [-0.15, -0.1) is 0 Å². The van der Waals surface area contributed by atoms with Crippen molar-refractivity contribution in [1.82, 2.24) is 5.32 Å². The van der Waals surface area contributed by atoms with Crippen LogP contribution in [-0.4, -0.2) is 19.6 Å². The molecule has 2 rings (SSSR count). The Balaban J connectivity index is 2.02. The van der Waals surface area contributed by atoms with Crippen LogP contribution in [0.25, 0.3) is 0 Å². The van der Waals surface area contributed by atoms with E-state index in [2.05, 4.69) is 41.8 Å². The zero-order valence-electron chi connectivity index (χ0n) is 9.42. The molecule has 1 aliphatic heterocycles. The lowest BCUT2D eigenvalue weighted by Gasteiger charge is -2.23. The standard InChI is InChI=1S/C13H20N2/c1-2-15-13-7-5-11(6-8-13)12-4-3-9-14-10-12/h5-8,12,14-15H,2-4,9-10H2,1H3. The number of piperidine rings is 1. The molecule has 0 aliphatic carbocycles. The second kappa shape index (κ2) is 5.17. The predicted molar refractivity (Wildman–Crippen MR) is 65.5 cm³/mol. The number of hydrogen-bond donors (Lipinski definition) is 2. The number of rotatable bonds is 3. The van der Waals surface area contributed by atoms with Crippen LogP contribution in [0.2, 0.25) is 0 Å². The first-order valence-electron chi connectivity index (χ1n) is 5.94. The Bertz CT molecular complexity index is 286. The zero-order valence-corrected chi connectivity index (χ0v) is 9.42. The Labute approximate surface area is 92.1 Å². The minimum absolute atomic E-state index is 0.717. The second-order valence-corrected chi connectivity index (χ2v) is 4.20. The minimum atomic E-state index is 0.717. The molecule has 1 heterocycles. The van der Waals surface area contributed by atoms with Crippen molar-refractivity contribution >= 4 is 5.69 Å². The fraction of sp³-hybridized carbons (Fsp3) is 0.538. The van der Waals surface area contributed by atoms with Crippen molar-refractivity contribution in [3.8, 4) is 0 Å². The van der Waals surface area contributed by atoms with Gasteiger partial charge in [0, 0.05) is 18.8 Å². The van der Waals surface area contributed by atoms with Crippen LogP contribution in [0.3, 0.4) is 0 Å². The van der Waals surface area contributed by atoms with Crippen LogP contribution in [0.5, 0.6) is 0 Å². The van der Waals surface area contributed by atoms with Crippen molar-refractivity contribution in [2.75, 3.05) is 25.0 Å². The highest BCUT2D eigenvalue weighted by atomic mass is 14.9. The minimum Gasteiger partial charge on any atom is -0.385 e. The summed E-state index contributed by atoms with van der Waals surface area (Å²) in [5, 5.41) is 6.78. The Hall–Kier alpha value is -1.02. The van der Waals surface area contributed by atoms with Crippen LogP contribution < -0.4 is 10.6 Å². The van der Waals surface area contributed by atoms with Gasteiger partial charge in [-0.2, -0.15) is 0 Å². The van der Waals surface area contributed by atoms with Crippen molar-refractivity contribution < 1.29 is 0 Å². The summed E-state index contributed by atoms with van der Waals surface area (Å²) in [5.74, 6) is 0.717. The molecule has 82 valence electrons. The molecular weight excluding hydrogens is 184 g/mol. The Morgan fingerprint density at radius 1 is 1.33 bits per heavy atom. The molecule has 0 amide bonds. The van der Waals surface area contributed by atoms with E-state index in [9.17, 15) is 0 Å². The van der Waals surface area contributed by atoms with E-state index in [0.717, 1.165) is 19.0 Å². The van der Waals surface area contributed by atoms with Crippen molar-refractivity contribution in [3.05, 3.63) is 29.8 Å². The fourth-order valence-corrected chi connectivity index (χ4v) is 2.21. The molecule has 0 bridgehead atoms. The summed E-state index contributed by atoms with van der Waals surface area (Å²) in [6.45, 7) is 5.44. The largest absolute Gasteiger partial charge is 0.385 e. The highest BCUT2D eigenvalue weighted by molar-refractivity contribution is 5.45. The van der Waals surface area contributed by atoms with Gasteiger partial charge in [-0.05, 0) is 49.9 Å². The van der Waals surface area contributed by atoms with E-state index >= 15 is 0 Å². The van der Waals surface area contributed by atoms with Crippen LogP contribution in [-0.2, 0) is 0 Å². The topological polar surface area (TPSA) is 24.1 Å². The highest BCUT2D eigenvalue weighted by Crippen LogP contribution is 2.24. The Morgan fingerprint density at radius 3 is 2.73 bits per heavy atom. The normalized spacial score (nSPS) is 21.3. The lowest BCUT2D eigenvalue weighted by molar-refractivity contribution is 0.461. The molecule has 1 unspecified atom stereocenters. The molecule has 1 aliphatic rings. The SMILES string of the molecule is CCNc1ccc(C2CCCNC2)cc1. The highest BCUT2D eigenvalue weighted by Gasteiger charge is 2.14. The smallest absolute Gasteiger partial charge is 0.0340 e. The van der Waals surface area contributed by atoms with Gasteiger partial charge in [0.1, 0.15) is 0 Å². The molecule has 2 N–H and O–H groups in total.